The van der Waals surface area contributed by atoms with Gasteiger partial charge in [0.2, 0.25) is 11.6 Å². The summed E-state index contributed by atoms with van der Waals surface area (Å²) in [5.41, 5.74) is -2.64. The molecule has 0 spiro atoms. The lowest BCUT2D eigenvalue weighted by molar-refractivity contribution is -0.143. The van der Waals surface area contributed by atoms with Crippen molar-refractivity contribution in [3.63, 3.8) is 0 Å². The highest BCUT2D eigenvalue weighted by Crippen LogP contribution is 2.39. The van der Waals surface area contributed by atoms with E-state index in [2.05, 4.69) is 11.3 Å². The normalized spacial score (nSPS) is 11.5. The van der Waals surface area contributed by atoms with E-state index in [1.165, 1.54) is 0 Å². The Morgan fingerprint density at radius 1 is 0.944 bits per heavy atom. The molecule has 0 atom stereocenters. The van der Waals surface area contributed by atoms with Gasteiger partial charge in [-0.1, -0.05) is 12.7 Å². The predicted molar refractivity (Wildman–Crippen MR) is 47.0 cm³/mol. The first-order valence-corrected chi connectivity index (χ1v) is 4.38. The van der Waals surface area contributed by atoms with Gasteiger partial charge in [0.15, 0.2) is 17.4 Å². The minimum atomic E-state index is -5.56. The van der Waals surface area contributed by atoms with Crippen LogP contribution < -0.4 is 4.74 Å². The lowest BCUT2D eigenvalue weighted by Gasteiger charge is -2.13. The third-order valence-corrected chi connectivity index (χ3v) is 1.85. The second kappa shape index (κ2) is 4.87. The Hall–Kier alpha value is -1.73. The summed E-state index contributed by atoms with van der Waals surface area (Å²) in [5.74, 6) is -11.2. The van der Waals surface area contributed by atoms with Gasteiger partial charge in [-0.05, 0) is 0 Å². The summed E-state index contributed by atoms with van der Waals surface area (Å²) in [4.78, 5) is 0. The molecule has 0 aliphatic rings. The Balaban J connectivity index is 3.50. The van der Waals surface area contributed by atoms with E-state index in [-0.39, 0.29) is 0 Å². The molecule has 0 heterocycles. The number of ether oxygens (including phenoxy) is 1. The summed E-state index contributed by atoms with van der Waals surface area (Å²) >= 11 is 0. The molecule has 0 bridgehead atoms. The highest BCUT2D eigenvalue weighted by Gasteiger charge is 2.42. The van der Waals surface area contributed by atoms with E-state index < -0.39 is 47.4 Å². The Morgan fingerprint density at radius 2 is 1.39 bits per heavy atom. The van der Waals surface area contributed by atoms with Crippen LogP contribution in [-0.4, -0.2) is 6.61 Å². The zero-order valence-corrected chi connectivity index (χ0v) is 8.55. The van der Waals surface area contributed by atoms with Crippen molar-refractivity contribution in [3.8, 4) is 5.75 Å². The number of rotatable bonds is 3. The van der Waals surface area contributed by atoms with Gasteiger partial charge < -0.3 is 4.74 Å². The van der Waals surface area contributed by atoms with Crippen molar-refractivity contribution >= 4 is 0 Å². The molecule has 0 fully saturated rings. The summed E-state index contributed by atoms with van der Waals surface area (Å²) in [6.07, 6.45) is -4.57. The number of halogens is 7. The first-order valence-electron chi connectivity index (χ1n) is 4.38. The van der Waals surface area contributed by atoms with Gasteiger partial charge in [-0.15, -0.1) is 0 Å². The van der Waals surface area contributed by atoms with Gasteiger partial charge in [0.1, 0.15) is 12.2 Å². The molecule has 0 aliphatic heterocycles. The fourth-order valence-corrected chi connectivity index (χ4v) is 1.13. The molecule has 0 aliphatic carbocycles. The molecule has 1 aromatic carbocycles. The van der Waals surface area contributed by atoms with Crippen LogP contribution in [0.5, 0.6) is 5.75 Å². The van der Waals surface area contributed by atoms with E-state index in [0.29, 0.717) is 0 Å². The summed E-state index contributed by atoms with van der Waals surface area (Å²) in [5, 5.41) is 0. The van der Waals surface area contributed by atoms with Crippen LogP contribution in [0, 0.1) is 23.3 Å². The SMILES string of the molecule is C=CCOc1c(F)c(F)c(C(F)(F)F)c(F)c1F. The van der Waals surface area contributed by atoms with Gasteiger partial charge in [0, 0.05) is 0 Å². The van der Waals surface area contributed by atoms with Gasteiger partial charge in [-0.2, -0.15) is 22.0 Å². The summed E-state index contributed by atoms with van der Waals surface area (Å²) in [6, 6.07) is 0. The molecule has 0 N–H and O–H groups in total. The van der Waals surface area contributed by atoms with Crippen LogP contribution in [0.2, 0.25) is 0 Å². The maximum Gasteiger partial charge on any atom is 0.422 e. The van der Waals surface area contributed by atoms with Crippen LogP contribution in [0.3, 0.4) is 0 Å². The van der Waals surface area contributed by atoms with Gasteiger partial charge in [-0.3, -0.25) is 0 Å². The molecule has 0 unspecified atom stereocenters. The first kappa shape index (κ1) is 14.3. The molecule has 0 saturated carbocycles. The maximum atomic E-state index is 13.1. The standard InChI is InChI=1S/C10H5F7O/c1-2-3-18-9-7(13)5(11)4(10(15,16)17)6(12)8(9)14/h2H,1,3H2. The van der Waals surface area contributed by atoms with E-state index in [0.717, 1.165) is 6.08 Å². The van der Waals surface area contributed by atoms with E-state index in [1.54, 1.807) is 0 Å². The van der Waals surface area contributed by atoms with Crippen LogP contribution in [-0.2, 0) is 6.18 Å². The molecule has 1 rings (SSSR count). The molecule has 8 heteroatoms. The van der Waals surface area contributed by atoms with Crippen molar-refractivity contribution in [1.29, 1.82) is 0 Å². The highest BCUT2D eigenvalue weighted by molar-refractivity contribution is 5.36. The van der Waals surface area contributed by atoms with E-state index in [4.69, 9.17) is 0 Å². The zero-order chi connectivity index (χ0) is 14.1. The third-order valence-electron chi connectivity index (χ3n) is 1.85. The number of alkyl halides is 3. The molecule has 0 amide bonds. The summed E-state index contributed by atoms with van der Waals surface area (Å²) < 4.78 is 93.0. The molecule has 1 nitrogen and oxygen atoms in total. The van der Waals surface area contributed by atoms with E-state index in [1.807, 2.05) is 0 Å². The van der Waals surface area contributed by atoms with Crippen molar-refractivity contribution < 1.29 is 35.5 Å². The van der Waals surface area contributed by atoms with Crippen LogP contribution in [0.1, 0.15) is 5.56 Å². The lowest BCUT2D eigenvalue weighted by atomic mass is 10.1. The summed E-state index contributed by atoms with van der Waals surface area (Å²) in [7, 11) is 0. The molecule has 18 heavy (non-hydrogen) atoms. The lowest BCUT2D eigenvalue weighted by Crippen LogP contribution is -2.16. The van der Waals surface area contributed by atoms with E-state index in [9.17, 15) is 30.7 Å². The molecule has 100 valence electrons. The van der Waals surface area contributed by atoms with Gasteiger partial charge in [-0.25, -0.2) is 8.78 Å². The molecular weight excluding hydrogens is 269 g/mol. The Morgan fingerprint density at radius 3 is 1.72 bits per heavy atom. The minimum absolute atomic E-state index is 0.530. The smallest absolute Gasteiger partial charge is 0.422 e. The Labute approximate surface area is 96.5 Å². The fourth-order valence-electron chi connectivity index (χ4n) is 1.13. The van der Waals surface area contributed by atoms with E-state index >= 15 is 0 Å². The minimum Gasteiger partial charge on any atom is -0.483 e. The Bertz CT molecular complexity index is 449. The maximum absolute atomic E-state index is 13.1. The third kappa shape index (κ3) is 2.41. The molecule has 1 aromatic rings. The van der Waals surface area contributed by atoms with Crippen LogP contribution >= 0.6 is 0 Å². The average molecular weight is 274 g/mol. The van der Waals surface area contributed by atoms with Crippen molar-refractivity contribution in [2.75, 3.05) is 6.61 Å². The zero-order valence-electron chi connectivity index (χ0n) is 8.55. The molecule has 0 radical (unpaired) electrons. The number of hydrogen-bond donors (Lipinski definition) is 0. The van der Waals surface area contributed by atoms with Crippen LogP contribution in [0.25, 0.3) is 0 Å². The van der Waals surface area contributed by atoms with Gasteiger partial charge in [0.05, 0.1) is 0 Å². The topological polar surface area (TPSA) is 9.23 Å². The van der Waals surface area contributed by atoms with Crippen molar-refractivity contribution in [1.82, 2.24) is 0 Å². The summed E-state index contributed by atoms with van der Waals surface area (Å²) in [6.45, 7) is 2.57. The monoisotopic (exact) mass is 274 g/mol. The van der Waals surface area contributed by atoms with Crippen molar-refractivity contribution in [2.45, 2.75) is 6.18 Å². The number of hydrogen-bond acceptors (Lipinski definition) is 1. The quantitative estimate of drug-likeness (QED) is 0.462. The largest absolute Gasteiger partial charge is 0.483 e. The second-order valence-corrected chi connectivity index (χ2v) is 3.06. The average Bonchev–Trinajstić information content (AvgIpc) is 2.25. The molecular formula is C10H5F7O. The van der Waals surface area contributed by atoms with Gasteiger partial charge in [0.25, 0.3) is 0 Å². The molecule has 0 aromatic heterocycles. The first-order chi connectivity index (χ1) is 8.21. The van der Waals surface area contributed by atoms with Gasteiger partial charge >= 0.3 is 6.18 Å². The predicted octanol–water partition coefficient (Wildman–Crippen LogP) is 3.83. The highest BCUT2D eigenvalue weighted by atomic mass is 19.4. The number of benzene rings is 1. The fraction of sp³-hybridized carbons (Fsp3) is 0.200. The van der Waals surface area contributed by atoms with Crippen LogP contribution in [0.15, 0.2) is 12.7 Å². The van der Waals surface area contributed by atoms with Crippen molar-refractivity contribution in [3.05, 3.63) is 41.5 Å². The van der Waals surface area contributed by atoms with Crippen molar-refractivity contribution in [2.24, 2.45) is 0 Å². The second-order valence-electron chi connectivity index (χ2n) is 3.06. The van der Waals surface area contributed by atoms with Crippen LogP contribution in [0.4, 0.5) is 30.7 Å². The Kier molecular flexibility index (Phi) is 3.88. The molecule has 0 saturated heterocycles.